The summed E-state index contributed by atoms with van der Waals surface area (Å²) < 4.78 is 10.9. The third kappa shape index (κ3) is 5.06. The van der Waals surface area contributed by atoms with Gasteiger partial charge in [-0.15, -0.1) is 0 Å². The number of aliphatic hydroxyl groups is 1. The van der Waals surface area contributed by atoms with Crippen LogP contribution in [0.5, 0.6) is 0 Å². The van der Waals surface area contributed by atoms with Gasteiger partial charge in [-0.2, -0.15) is 0 Å². The predicted molar refractivity (Wildman–Crippen MR) is 87.8 cm³/mol. The normalized spacial score (nSPS) is 26.2. The van der Waals surface area contributed by atoms with Crippen LogP contribution >= 0.6 is 0 Å². The van der Waals surface area contributed by atoms with Crippen LogP contribution < -0.4 is 0 Å². The molecule has 22 heavy (non-hydrogen) atoms. The van der Waals surface area contributed by atoms with Gasteiger partial charge in [-0.05, 0) is 24.3 Å². The number of methoxy groups -OCH3 is 1. The van der Waals surface area contributed by atoms with Crippen molar-refractivity contribution in [3.05, 3.63) is 35.9 Å². The first-order valence-electron chi connectivity index (χ1n) is 8.19. The Balaban J connectivity index is 1.66. The van der Waals surface area contributed by atoms with Gasteiger partial charge in [-0.25, -0.2) is 0 Å². The molecule has 1 N–H and O–H groups in total. The fraction of sp³-hybridized carbons (Fsp3) is 0.667. The Morgan fingerprint density at radius 1 is 1.27 bits per heavy atom. The highest BCUT2D eigenvalue weighted by molar-refractivity contribution is 5.13. The molecule has 4 nitrogen and oxygen atoms in total. The molecule has 2 rings (SSSR count). The lowest BCUT2D eigenvalue weighted by Gasteiger charge is -2.43. The molecule has 1 aliphatic rings. The molecular weight excluding hydrogens is 278 g/mol. The molecule has 1 saturated heterocycles. The average molecular weight is 307 g/mol. The molecule has 0 radical (unpaired) electrons. The molecule has 1 aliphatic heterocycles. The van der Waals surface area contributed by atoms with E-state index in [2.05, 4.69) is 24.0 Å². The molecule has 0 unspecified atom stereocenters. The van der Waals surface area contributed by atoms with Crippen LogP contribution in [0, 0.1) is 5.92 Å². The molecule has 0 amide bonds. The highest BCUT2D eigenvalue weighted by atomic mass is 16.5. The van der Waals surface area contributed by atoms with Gasteiger partial charge in [-0.3, -0.25) is 0 Å². The molecule has 1 aromatic rings. The van der Waals surface area contributed by atoms with Gasteiger partial charge in [0.1, 0.15) is 0 Å². The third-order valence-corrected chi connectivity index (χ3v) is 4.71. The van der Waals surface area contributed by atoms with E-state index in [1.807, 2.05) is 18.2 Å². The summed E-state index contributed by atoms with van der Waals surface area (Å²) in [5.74, 6) is 0.269. The van der Waals surface area contributed by atoms with Gasteiger partial charge < -0.3 is 19.5 Å². The lowest BCUT2D eigenvalue weighted by Crippen LogP contribution is -2.51. The van der Waals surface area contributed by atoms with Gasteiger partial charge in [0.25, 0.3) is 0 Å². The number of piperidine rings is 1. The first-order chi connectivity index (χ1) is 10.6. The van der Waals surface area contributed by atoms with Crippen molar-refractivity contribution in [1.29, 1.82) is 0 Å². The van der Waals surface area contributed by atoms with E-state index in [-0.39, 0.29) is 5.92 Å². The van der Waals surface area contributed by atoms with Crippen LogP contribution in [0.4, 0.5) is 0 Å². The summed E-state index contributed by atoms with van der Waals surface area (Å²) in [6, 6.07) is 10.2. The summed E-state index contributed by atoms with van der Waals surface area (Å²) in [6.07, 6.45) is 1.54. The number of rotatable bonds is 8. The number of benzene rings is 1. The summed E-state index contributed by atoms with van der Waals surface area (Å²) >= 11 is 0. The molecular formula is C18H29NO3. The van der Waals surface area contributed by atoms with Gasteiger partial charge in [0.05, 0.1) is 18.8 Å². The van der Waals surface area contributed by atoms with Crippen LogP contribution in [0.25, 0.3) is 0 Å². The van der Waals surface area contributed by atoms with E-state index in [1.54, 1.807) is 7.11 Å². The fourth-order valence-corrected chi connectivity index (χ4v) is 3.06. The number of likely N-dealkylation sites (tertiary alicyclic amines) is 1. The summed E-state index contributed by atoms with van der Waals surface area (Å²) in [5.41, 5.74) is 0.640. The Bertz CT molecular complexity index is 426. The topological polar surface area (TPSA) is 41.9 Å². The largest absolute Gasteiger partial charge is 0.389 e. The molecule has 2 atom stereocenters. The summed E-state index contributed by atoms with van der Waals surface area (Å²) in [5, 5.41) is 10.7. The summed E-state index contributed by atoms with van der Waals surface area (Å²) in [6.45, 7) is 6.94. The van der Waals surface area contributed by atoms with Crippen LogP contribution in [0.3, 0.4) is 0 Å². The van der Waals surface area contributed by atoms with E-state index in [9.17, 15) is 5.11 Å². The molecule has 0 bridgehead atoms. The van der Waals surface area contributed by atoms with Gasteiger partial charge in [0, 0.05) is 33.4 Å². The lowest BCUT2D eigenvalue weighted by atomic mass is 9.80. The molecule has 124 valence electrons. The van der Waals surface area contributed by atoms with Crippen molar-refractivity contribution in [2.24, 2.45) is 5.92 Å². The van der Waals surface area contributed by atoms with E-state index in [1.165, 1.54) is 5.56 Å². The zero-order chi connectivity index (χ0) is 15.8. The van der Waals surface area contributed by atoms with Crippen molar-refractivity contribution in [3.8, 4) is 0 Å². The van der Waals surface area contributed by atoms with Crippen molar-refractivity contribution in [2.45, 2.75) is 32.0 Å². The molecule has 4 heteroatoms. The number of ether oxygens (including phenoxy) is 2. The predicted octanol–water partition coefficient (Wildman–Crippen LogP) is 2.31. The minimum absolute atomic E-state index is 0.269. The van der Waals surface area contributed by atoms with Gasteiger partial charge >= 0.3 is 0 Å². The summed E-state index contributed by atoms with van der Waals surface area (Å²) in [7, 11) is 1.69. The molecule has 1 heterocycles. The Morgan fingerprint density at radius 2 is 2.05 bits per heavy atom. The van der Waals surface area contributed by atoms with E-state index >= 15 is 0 Å². The molecule has 0 aliphatic carbocycles. The quantitative estimate of drug-likeness (QED) is 0.748. The van der Waals surface area contributed by atoms with Crippen LogP contribution in [0.2, 0.25) is 0 Å². The summed E-state index contributed by atoms with van der Waals surface area (Å²) in [4.78, 5) is 2.39. The van der Waals surface area contributed by atoms with Crippen LogP contribution in [0.1, 0.15) is 25.3 Å². The van der Waals surface area contributed by atoms with E-state index in [0.717, 1.165) is 39.1 Å². The third-order valence-electron chi connectivity index (χ3n) is 4.71. The Morgan fingerprint density at radius 3 is 2.73 bits per heavy atom. The zero-order valence-corrected chi connectivity index (χ0v) is 13.8. The zero-order valence-electron chi connectivity index (χ0n) is 13.8. The lowest BCUT2D eigenvalue weighted by molar-refractivity contribution is -0.0843. The standard InChI is InChI=1S/C18H29NO3/c1-16-14-19(10-8-18(16,20)9-12-21-2)11-13-22-15-17-6-4-3-5-7-17/h3-7,16,20H,8-15H2,1-2H3/t16-,18-/m0/s1. The maximum atomic E-state index is 10.7. The number of nitrogens with zero attached hydrogens (tertiary/aromatic N) is 1. The maximum Gasteiger partial charge on any atom is 0.0719 e. The Labute approximate surface area is 134 Å². The van der Waals surface area contributed by atoms with Crippen molar-refractivity contribution in [1.82, 2.24) is 4.90 Å². The highest BCUT2D eigenvalue weighted by Gasteiger charge is 2.38. The maximum absolute atomic E-state index is 10.7. The second-order valence-corrected chi connectivity index (χ2v) is 6.34. The van der Waals surface area contributed by atoms with Gasteiger partial charge in [-0.1, -0.05) is 37.3 Å². The number of hydrogen-bond acceptors (Lipinski definition) is 4. The molecule has 0 spiro atoms. The monoisotopic (exact) mass is 307 g/mol. The van der Waals surface area contributed by atoms with Crippen molar-refractivity contribution in [3.63, 3.8) is 0 Å². The van der Waals surface area contributed by atoms with Crippen molar-refractivity contribution in [2.75, 3.05) is 40.0 Å². The molecule has 0 saturated carbocycles. The second-order valence-electron chi connectivity index (χ2n) is 6.34. The SMILES string of the molecule is COCC[C@@]1(O)CCN(CCOCc2ccccc2)C[C@@H]1C. The van der Waals surface area contributed by atoms with Crippen LogP contribution in [-0.2, 0) is 16.1 Å². The van der Waals surface area contributed by atoms with Gasteiger partial charge in [0.2, 0.25) is 0 Å². The smallest absolute Gasteiger partial charge is 0.0719 e. The minimum Gasteiger partial charge on any atom is -0.389 e. The Hall–Kier alpha value is -0.940. The van der Waals surface area contributed by atoms with E-state index in [4.69, 9.17) is 9.47 Å². The Kier molecular flexibility index (Phi) is 6.83. The molecule has 1 fully saturated rings. The van der Waals surface area contributed by atoms with Gasteiger partial charge in [0.15, 0.2) is 0 Å². The van der Waals surface area contributed by atoms with Crippen LogP contribution in [0.15, 0.2) is 30.3 Å². The van der Waals surface area contributed by atoms with Crippen molar-refractivity contribution < 1.29 is 14.6 Å². The average Bonchev–Trinajstić information content (AvgIpc) is 2.54. The first-order valence-corrected chi connectivity index (χ1v) is 8.19. The minimum atomic E-state index is -0.572. The molecule has 1 aromatic carbocycles. The van der Waals surface area contributed by atoms with E-state index in [0.29, 0.717) is 13.2 Å². The van der Waals surface area contributed by atoms with Crippen molar-refractivity contribution >= 4 is 0 Å². The number of hydrogen-bond donors (Lipinski definition) is 1. The van der Waals surface area contributed by atoms with Crippen LogP contribution in [-0.4, -0.2) is 55.6 Å². The second kappa shape index (κ2) is 8.63. The van der Waals surface area contributed by atoms with E-state index < -0.39 is 5.60 Å². The first kappa shape index (κ1) is 17.4. The highest BCUT2D eigenvalue weighted by Crippen LogP contribution is 2.30. The fourth-order valence-electron chi connectivity index (χ4n) is 3.06. The molecule has 0 aromatic heterocycles.